The molecule has 0 spiro atoms. The predicted octanol–water partition coefficient (Wildman–Crippen LogP) is 2.83. The number of sulfonamides is 2. The summed E-state index contributed by atoms with van der Waals surface area (Å²) in [6, 6.07) is 24.7. The van der Waals surface area contributed by atoms with Gasteiger partial charge in [0.05, 0.1) is 9.79 Å². The first-order valence-electron chi connectivity index (χ1n) is 9.00. The van der Waals surface area contributed by atoms with Crippen molar-refractivity contribution in [2.45, 2.75) is 22.1 Å². The predicted molar refractivity (Wildman–Crippen MR) is 112 cm³/mol. The van der Waals surface area contributed by atoms with Crippen LogP contribution in [0.25, 0.3) is 0 Å². The van der Waals surface area contributed by atoms with Gasteiger partial charge in [-0.3, -0.25) is 0 Å². The number of hydrogen-bond acceptors (Lipinski definition) is 4. The summed E-state index contributed by atoms with van der Waals surface area (Å²) in [5.74, 6) is 0.0462. The van der Waals surface area contributed by atoms with Gasteiger partial charge in [-0.25, -0.2) is 26.7 Å². The van der Waals surface area contributed by atoms with Crippen LogP contribution in [0.4, 0.5) is 0 Å². The molecule has 0 amide bonds. The maximum Gasteiger partial charge on any atom is 0.240 e. The Hall–Kier alpha value is -2.52. The van der Waals surface area contributed by atoms with Crippen molar-refractivity contribution in [1.82, 2.24) is 4.72 Å². The van der Waals surface area contributed by atoms with E-state index < -0.39 is 20.0 Å². The van der Waals surface area contributed by atoms with E-state index in [0.29, 0.717) is 6.42 Å². The van der Waals surface area contributed by atoms with Crippen molar-refractivity contribution in [3.63, 3.8) is 0 Å². The smallest absolute Gasteiger partial charge is 0.225 e. The van der Waals surface area contributed by atoms with Crippen molar-refractivity contribution in [3.05, 3.63) is 96.1 Å². The average molecular weight is 431 g/mol. The monoisotopic (exact) mass is 430 g/mol. The number of hydrogen-bond donors (Lipinski definition) is 2. The molecule has 29 heavy (non-hydrogen) atoms. The molecule has 0 radical (unpaired) electrons. The SMILES string of the molecule is NS(=O)(=O)c1ccc(S(=O)(=O)NCCC(c2ccccc2)c2ccccc2)cc1. The first-order chi connectivity index (χ1) is 13.8. The summed E-state index contributed by atoms with van der Waals surface area (Å²) in [7, 11) is -7.64. The minimum atomic E-state index is -3.87. The third-order valence-electron chi connectivity index (χ3n) is 4.59. The maximum absolute atomic E-state index is 12.6. The van der Waals surface area contributed by atoms with Gasteiger partial charge in [0, 0.05) is 12.5 Å². The molecule has 0 aliphatic heterocycles. The molecule has 152 valence electrons. The van der Waals surface area contributed by atoms with Crippen molar-refractivity contribution >= 4 is 20.0 Å². The van der Waals surface area contributed by atoms with Crippen LogP contribution in [0, 0.1) is 0 Å². The van der Waals surface area contributed by atoms with Crippen LogP contribution in [0.5, 0.6) is 0 Å². The van der Waals surface area contributed by atoms with Crippen LogP contribution < -0.4 is 9.86 Å². The minimum absolute atomic E-state index is 0.0131. The minimum Gasteiger partial charge on any atom is -0.225 e. The molecule has 0 atom stereocenters. The molecule has 0 aliphatic rings. The van der Waals surface area contributed by atoms with Crippen LogP contribution in [0.2, 0.25) is 0 Å². The average Bonchev–Trinajstić information content (AvgIpc) is 2.72. The van der Waals surface area contributed by atoms with E-state index in [1.807, 2.05) is 60.7 Å². The number of rotatable bonds is 8. The quantitative estimate of drug-likeness (QED) is 0.573. The summed E-state index contributed by atoms with van der Waals surface area (Å²) in [4.78, 5) is -0.148. The molecule has 0 heterocycles. The largest absolute Gasteiger partial charge is 0.240 e. The molecule has 6 nitrogen and oxygen atoms in total. The van der Waals surface area contributed by atoms with E-state index in [1.165, 1.54) is 24.3 Å². The molecule has 0 saturated carbocycles. The summed E-state index contributed by atoms with van der Waals surface area (Å²) in [5.41, 5.74) is 2.21. The van der Waals surface area contributed by atoms with Crippen LogP contribution >= 0.6 is 0 Å². The molecule has 0 aliphatic carbocycles. The molecule has 0 bridgehead atoms. The summed E-state index contributed by atoms with van der Waals surface area (Å²) in [6.45, 7) is 0.230. The summed E-state index contributed by atoms with van der Waals surface area (Å²) in [6.07, 6.45) is 0.572. The Balaban J connectivity index is 1.73. The second-order valence-corrected chi connectivity index (χ2v) is 9.91. The van der Waals surface area contributed by atoms with E-state index >= 15 is 0 Å². The number of nitrogens with two attached hydrogens (primary N) is 1. The molecule has 3 N–H and O–H groups in total. The second-order valence-electron chi connectivity index (χ2n) is 6.58. The molecule has 3 rings (SSSR count). The van der Waals surface area contributed by atoms with Crippen LogP contribution in [0.3, 0.4) is 0 Å². The molecule has 0 unspecified atom stereocenters. The van der Waals surface area contributed by atoms with Gasteiger partial charge in [0.15, 0.2) is 0 Å². The lowest BCUT2D eigenvalue weighted by atomic mass is 9.89. The highest BCUT2D eigenvalue weighted by atomic mass is 32.2. The molecular weight excluding hydrogens is 408 g/mol. The Morgan fingerprint density at radius 1 is 0.690 bits per heavy atom. The zero-order chi connectivity index (χ0) is 20.9. The molecule has 0 saturated heterocycles. The highest BCUT2D eigenvalue weighted by Crippen LogP contribution is 2.27. The molecule has 0 fully saturated rings. The van der Waals surface area contributed by atoms with Gasteiger partial charge in [-0.2, -0.15) is 0 Å². The lowest BCUT2D eigenvalue weighted by Crippen LogP contribution is -2.26. The summed E-state index contributed by atoms with van der Waals surface area (Å²) >= 11 is 0. The van der Waals surface area contributed by atoms with Gasteiger partial charge in [0.1, 0.15) is 0 Å². The van der Waals surface area contributed by atoms with Gasteiger partial charge in [-0.1, -0.05) is 60.7 Å². The number of primary sulfonamides is 1. The van der Waals surface area contributed by atoms with Crippen LogP contribution in [-0.2, 0) is 20.0 Å². The highest BCUT2D eigenvalue weighted by Gasteiger charge is 2.18. The molecule has 8 heteroatoms. The number of benzene rings is 3. The van der Waals surface area contributed by atoms with E-state index in [0.717, 1.165) is 11.1 Å². The third-order valence-corrected chi connectivity index (χ3v) is 7.00. The van der Waals surface area contributed by atoms with E-state index in [2.05, 4.69) is 4.72 Å². The zero-order valence-corrected chi connectivity index (χ0v) is 17.2. The molecule has 3 aromatic rings. The molecule has 0 aromatic heterocycles. The zero-order valence-electron chi connectivity index (χ0n) is 15.6. The van der Waals surface area contributed by atoms with Gasteiger partial charge in [0.2, 0.25) is 20.0 Å². The Morgan fingerprint density at radius 2 is 1.14 bits per heavy atom. The van der Waals surface area contributed by atoms with Crippen LogP contribution in [0.15, 0.2) is 94.7 Å². The lowest BCUT2D eigenvalue weighted by Gasteiger charge is -2.18. The van der Waals surface area contributed by atoms with E-state index in [9.17, 15) is 16.8 Å². The Bertz CT molecular complexity index is 1110. The van der Waals surface area contributed by atoms with E-state index in [4.69, 9.17) is 5.14 Å². The van der Waals surface area contributed by atoms with Gasteiger partial charge >= 0.3 is 0 Å². The summed E-state index contributed by atoms with van der Waals surface area (Å²) < 4.78 is 50.4. The second kappa shape index (κ2) is 8.87. The van der Waals surface area contributed by atoms with Gasteiger partial charge in [-0.15, -0.1) is 0 Å². The molecular formula is C21H22N2O4S2. The Morgan fingerprint density at radius 3 is 1.59 bits per heavy atom. The Labute approximate surface area is 171 Å². The van der Waals surface area contributed by atoms with Crippen molar-refractivity contribution in [3.8, 4) is 0 Å². The standard InChI is InChI=1S/C21H22N2O4S2/c22-28(24,25)19-11-13-20(14-12-19)29(26,27)23-16-15-21(17-7-3-1-4-8-17)18-9-5-2-6-10-18/h1-14,21,23H,15-16H2,(H2,22,24,25). The van der Waals surface area contributed by atoms with Crippen molar-refractivity contribution in [2.75, 3.05) is 6.54 Å². The maximum atomic E-state index is 12.6. The van der Waals surface area contributed by atoms with Gasteiger partial charge in [0.25, 0.3) is 0 Å². The highest BCUT2D eigenvalue weighted by molar-refractivity contribution is 7.89. The molecule has 3 aromatic carbocycles. The lowest BCUT2D eigenvalue weighted by molar-refractivity contribution is 0.574. The van der Waals surface area contributed by atoms with Crippen molar-refractivity contribution in [2.24, 2.45) is 5.14 Å². The normalized spacial score (nSPS) is 12.2. The fourth-order valence-electron chi connectivity index (χ4n) is 3.13. The first-order valence-corrected chi connectivity index (χ1v) is 12.0. The van der Waals surface area contributed by atoms with E-state index in [-0.39, 0.29) is 22.3 Å². The summed E-state index contributed by atoms with van der Waals surface area (Å²) in [5, 5.41) is 5.05. The van der Waals surface area contributed by atoms with Crippen LogP contribution in [0.1, 0.15) is 23.5 Å². The van der Waals surface area contributed by atoms with Gasteiger partial charge < -0.3 is 0 Å². The topological polar surface area (TPSA) is 106 Å². The van der Waals surface area contributed by atoms with Crippen molar-refractivity contribution < 1.29 is 16.8 Å². The number of nitrogens with one attached hydrogen (secondary N) is 1. The first kappa shape index (κ1) is 21.2. The van der Waals surface area contributed by atoms with Gasteiger partial charge in [-0.05, 0) is 41.8 Å². The fraction of sp³-hybridized carbons (Fsp3) is 0.143. The Kier molecular flexibility index (Phi) is 6.49. The van der Waals surface area contributed by atoms with E-state index in [1.54, 1.807) is 0 Å². The van der Waals surface area contributed by atoms with Crippen LogP contribution in [-0.4, -0.2) is 23.4 Å². The fourth-order valence-corrected chi connectivity index (χ4v) is 4.69. The third kappa shape index (κ3) is 5.51. The van der Waals surface area contributed by atoms with Crippen molar-refractivity contribution in [1.29, 1.82) is 0 Å².